The summed E-state index contributed by atoms with van der Waals surface area (Å²) in [6, 6.07) is 10.7. The van der Waals surface area contributed by atoms with Crippen LogP contribution in [-0.4, -0.2) is 11.1 Å². The van der Waals surface area contributed by atoms with Crippen molar-refractivity contribution < 1.29 is 9.32 Å². The Hall–Kier alpha value is -2.33. The molecule has 1 aliphatic rings. The minimum absolute atomic E-state index is 0.250. The molecular formula is C21H25N2O2+. The fourth-order valence-corrected chi connectivity index (χ4v) is 4.19. The zero-order valence-corrected chi connectivity index (χ0v) is 15.1. The number of hydrogen-bond donors (Lipinski definition) is 1. The van der Waals surface area contributed by atoms with Crippen LogP contribution in [0.3, 0.4) is 0 Å². The van der Waals surface area contributed by atoms with Crippen molar-refractivity contribution in [2.75, 3.05) is 6.54 Å². The maximum Gasteiger partial charge on any atom is 0.336 e. The van der Waals surface area contributed by atoms with E-state index >= 15 is 0 Å². The summed E-state index contributed by atoms with van der Waals surface area (Å²) >= 11 is 0. The van der Waals surface area contributed by atoms with Gasteiger partial charge in [0.1, 0.15) is 18.2 Å². The van der Waals surface area contributed by atoms with Gasteiger partial charge in [0.15, 0.2) is 0 Å². The number of quaternary nitrogens is 1. The molecule has 2 aromatic heterocycles. The van der Waals surface area contributed by atoms with Crippen LogP contribution in [0.4, 0.5) is 0 Å². The maximum atomic E-state index is 12.1. The lowest BCUT2D eigenvalue weighted by molar-refractivity contribution is -0.932. The van der Waals surface area contributed by atoms with Crippen molar-refractivity contribution in [1.29, 1.82) is 0 Å². The molecule has 4 heteroatoms. The van der Waals surface area contributed by atoms with Crippen molar-refractivity contribution in [3.05, 3.63) is 69.3 Å². The first-order valence-corrected chi connectivity index (χ1v) is 9.03. The van der Waals surface area contributed by atoms with Crippen molar-refractivity contribution >= 4 is 11.0 Å². The Kier molecular flexibility index (Phi) is 4.00. The van der Waals surface area contributed by atoms with E-state index in [0.717, 1.165) is 29.6 Å². The first-order valence-electron chi connectivity index (χ1n) is 9.03. The molecule has 1 N–H and O–H groups in total. The Labute approximate surface area is 147 Å². The van der Waals surface area contributed by atoms with E-state index in [4.69, 9.17) is 4.42 Å². The van der Waals surface area contributed by atoms with Crippen LogP contribution in [0.2, 0.25) is 0 Å². The van der Waals surface area contributed by atoms with Gasteiger partial charge < -0.3 is 13.9 Å². The summed E-state index contributed by atoms with van der Waals surface area (Å²) in [7, 11) is 2.12. The first-order chi connectivity index (χ1) is 12.0. The van der Waals surface area contributed by atoms with E-state index in [2.05, 4.69) is 49.9 Å². The van der Waals surface area contributed by atoms with Crippen LogP contribution in [0.1, 0.15) is 41.3 Å². The van der Waals surface area contributed by atoms with Crippen molar-refractivity contribution in [2.24, 2.45) is 7.05 Å². The lowest BCUT2D eigenvalue weighted by Gasteiger charge is -2.22. The third kappa shape index (κ3) is 2.91. The van der Waals surface area contributed by atoms with Crippen LogP contribution in [0, 0.1) is 13.8 Å². The van der Waals surface area contributed by atoms with Crippen LogP contribution in [-0.2, 0) is 13.6 Å². The van der Waals surface area contributed by atoms with Crippen LogP contribution in [0.25, 0.3) is 11.0 Å². The highest BCUT2D eigenvalue weighted by Crippen LogP contribution is 2.23. The van der Waals surface area contributed by atoms with Gasteiger partial charge in [0.2, 0.25) is 0 Å². The SMILES string of the molecule is Cc1cc2oc(=O)cc(C[NH+]3CCC[C@@H]3c3cccn3C)c2cc1C. The first kappa shape index (κ1) is 16.2. The van der Waals surface area contributed by atoms with Gasteiger partial charge in [-0.05, 0) is 49.2 Å². The molecule has 1 fully saturated rings. The molecule has 3 aromatic rings. The average molecular weight is 337 g/mol. The van der Waals surface area contributed by atoms with Gasteiger partial charge in [0.05, 0.1) is 12.2 Å². The summed E-state index contributed by atoms with van der Waals surface area (Å²) < 4.78 is 7.68. The van der Waals surface area contributed by atoms with E-state index in [9.17, 15) is 4.79 Å². The largest absolute Gasteiger partial charge is 0.423 e. The zero-order chi connectivity index (χ0) is 17.6. The van der Waals surface area contributed by atoms with E-state index in [1.165, 1.54) is 29.0 Å². The molecule has 0 saturated carbocycles. The van der Waals surface area contributed by atoms with Crippen molar-refractivity contribution in [3.8, 4) is 0 Å². The summed E-state index contributed by atoms with van der Waals surface area (Å²) in [5.74, 6) is 0. The predicted octanol–water partition coefficient (Wildman–Crippen LogP) is 2.67. The van der Waals surface area contributed by atoms with Crippen molar-refractivity contribution in [3.63, 3.8) is 0 Å². The van der Waals surface area contributed by atoms with Gasteiger partial charge in [0.25, 0.3) is 0 Å². The zero-order valence-electron chi connectivity index (χ0n) is 15.1. The Morgan fingerprint density at radius 3 is 2.80 bits per heavy atom. The highest BCUT2D eigenvalue weighted by Gasteiger charge is 2.32. The summed E-state index contributed by atoms with van der Waals surface area (Å²) in [5.41, 5.74) is 5.33. The fraction of sp³-hybridized carbons (Fsp3) is 0.381. The standard InChI is InChI=1S/C21H24N2O2/c1-14-10-17-16(12-21(24)25-20(17)11-15(14)2)13-23-9-5-7-19(23)18-6-4-8-22(18)3/h4,6,8,10-12,19H,5,7,9,13H2,1-3H3/p+1/t19-/m1/s1. The van der Waals surface area contributed by atoms with Crippen molar-refractivity contribution in [2.45, 2.75) is 39.3 Å². The summed E-state index contributed by atoms with van der Waals surface area (Å²) in [5, 5.41) is 1.08. The van der Waals surface area contributed by atoms with Crippen LogP contribution >= 0.6 is 0 Å². The number of nitrogens with one attached hydrogen (secondary N) is 1. The van der Waals surface area contributed by atoms with Gasteiger partial charge in [-0.3, -0.25) is 0 Å². The van der Waals surface area contributed by atoms with Crippen LogP contribution in [0.5, 0.6) is 0 Å². The summed E-state index contributed by atoms with van der Waals surface area (Å²) in [6.45, 7) is 6.17. The lowest BCUT2D eigenvalue weighted by Crippen LogP contribution is -3.09. The van der Waals surface area contributed by atoms with Crippen LogP contribution in [0.15, 0.2) is 45.7 Å². The van der Waals surface area contributed by atoms with Gasteiger partial charge >= 0.3 is 5.63 Å². The number of rotatable bonds is 3. The van der Waals surface area contributed by atoms with Crippen LogP contribution < -0.4 is 10.5 Å². The highest BCUT2D eigenvalue weighted by molar-refractivity contribution is 5.81. The average Bonchev–Trinajstić information content (AvgIpc) is 3.17. The normalized spacial score (nSPS) is 20.4. The number of nitrogens with zero attached hydrogens (tertiary/aromatic N) is 1. The van der Waals surface area contributed by atoms with Crippen molar-refractivity contribution in [1.82, 2.24) is 4.57 Å². The van der Waals surface area contributed by atoms with E-state index in [-0.39, 0.29) is 5.63 Å². The molecule has 1 aliphatic heterocycles. The molecule has 1 aromatic carbocycles. The molecule has 0 bridgehead atoms. The molecule has 130 valence electrons. The molecule has 25 heavy (non-hydrogen) atoms. The van der Waals surface area contributed by atoms with E-state index in [1.807, 2.05) is 6.07 Å². The van der Waals surface area contributed by atoms with E-state index < -0.39 is 0 Å². The molecule has 2 atom stereocenters. The molecule has 1 saturated heterocycles. The van der Waals surface area contributed by atoms with Gasteiger partial charge in [-0.1, -0.05) is 0 Å². The smallest absolute Gasteiger partial charge is 0.336 e. The number of likely N-dealkylation sites (tertiary alicyclic amines) is 1. The monoisotopic (exact) mass is 337 g/mol. The molecule has 0 radical (unpaired) electrons. The third-order valence-corrected chi connectivity index (χ3v) is 5.69. The summed E-state index contributed by atoms with van der Waals surface area (Å²) in [6.07, 6.45) is 4.54. The molecule has 4 rings (SSSR count). The topological polar surface area (TPSA) is 39.6 Å². The molecule has 0 amide bonds. The van der Waals surface area contributed by atoms with E-state index in [1.54, 1.807) is 6.07 Å². The Bertz CT molecular complexity index is 983. The third-order valence-electron chi connectivity index (χ3n) is 5.69. The number of benzene rings is 1. The number of fused-ring (bicyclic) bond motifs is 1. The maximum absolute atomic E-state index is 12.1. The second kappa shape index (κ2) is 6.19. The van der Waals surface area contributed by atoms with Gasteiger partial charge in [-0.15, -0.1) is 0 Å². The second-order valence-corrected chi connectivity index (χ2v) is 7.35. The molecule has 4 nitrogen and oxygen atoms in total. The van der Waals surface area contributed by atoms with Gasteiger partial charge in [-0.2, -0.15) is 0 Å². The lowest BCUT2D eigenvalue weighted by atomic mass is 10.0. The minimum Gasteiger partial charge on any atom is -0.423 e. The quantitative estimate of drug-likeness (QED) is 0.747. The highest BCUT2D eigenvalue weighted by atomic mass is 16.4. The molecule has 0 aliphatic carbocycles. The predicted molar refractivity (Wildman–Crippen MR) is 98.9 cm³/mol. The van der Waals surface area contributed by atoms with Gasteiger partial charge in [0, 0.05) is 43.1 Å². The fourth-order valence-electron chi connectivity index (χ4n) is 4.19. The Morgan fingerprint density at radius 1 is 1.24 bits per heavy atom. The summed E-state index contributed by atoms with van der Waals surface area (Å²) in [4.78, 5) is 13.6. The number of aryl methyl sites for hydroxylation is 3. The molecule has 3 heterocycles. The molecular weight excluding hydrogens is 312 g/mol. The second-order valence-electron chi connectivity index (χ2n) is 7.35. The molecule has 0 spiro atoms. The Morgan fingerprint density at radius 2 is 2.04 bits per heavy atom. The van der Waals surface area contributed by atoms with Gasteiger partial charge in [-0.25, -0.2) is 4.79 Å². The van der Waals surface area contributed by atoms with E-state index in [0.29, 0.717) is 11.6 Å². The minimum atomic E-state index is -0.250. The molecule has 1 unspecified atom stereocenters. The Balaban J connectivity index is 1.74. The number of hydrogen-bond acceptors (Lipinski definition) is 2. The number of aromatic nitrogens is 1.